The Bertz CT molecular complexity index is 1240. The highest BCUT2D eigenvalue weighted by molar-refractivity contribution is 6.07. The Morgan fingerprint density at radius 3 is 2.20 bits per heavy atom. The van der Waals surface area contributed by atoms with Crippen molar-refractivity contribution in [1.82, 2.24) is 9.47 Å². The van der Waals surface area contributed by atoms with Gasteiger partial charge in [-0.05, 0) is 56.5 Å². The molecule has 0 aliphatic heterocycles. The summed E-state index contributed by atoms with van der Waals surface area (Å²) < 4.78 is 6.85. The van der Waals surface area contributed by atoms with Gasteiger partial charge in [0.2, 0.25) is 0 Å². The summed E-state index contributed by atoms with van der Waals surface area (Å²) in [5.74, 6) is -0.968. The standard InChI is InChI=1S/C29H32N2O4/c1-7-18-31(28(33)24-16-14-23(15-17-24)22-12-10-9-11-13-22)21(5)27(32)25-19(3)26(29(34)35-8-2)30(6)20(25)4/h7,9-17,21H,1,8,18H2,2-6H3/t21-/m0/s1. The van der Waals surface area contributed by atoms with Gasteiger partial charge in [-0.15, -0.1) is 6.58 Å². The van der Waals surface area contributed by atoms with Crippen LogP contribution < -0.4 is 0 Å². The summed E-state index contributed by atoms with van der Waals surface area (Å²) in [5, 5.41) is 0. The summed E-state index contributed by atoms with van der Waals surface area (Å²) in [4.78, 5) is 41.0. The second kappa shape index (κ2) is 11.0. The predicted octanol–water partition coefficient (Wildman–Crippen LogP) is 5.39. The van der Waals surface area contributed by atoms with Crippen molar-refractivity contribution in [2.24, 2.45) is 7.05 Å². The molecule has 182 valence electrons. The largest absolute Gasteiger partial charge is 0.461 e. The van der Waals surface area contributed by atoms with Crippen molar-refractivity contribution in [3.05, 3.63) is 95.3 Å². The van der Waals surface area contributed by atoms with E-state index in [4.69, 9.17) is 4.74 Å². The van der Waals surface area contributed by atoms with E-state index in [1.165, 1.54) is 4.90 Å². The molecular weight excluding hydrogens is 440 g/mol. The molecule has 1 amide bonds. The number of ketones is 1. The SMILES string of the molecule is C=CCN(C(=O)c1ccc(-c2ccccc2)cc1)[C@@H](C)C(=O)c1c(C)c(C(=O)OCC)n(C)c1C. The second-order valence-electron chi connectivity index (χ2n) is 8.44. The Labute approximate surface area is 206 Å². The second-order valence-corrected chi connectivity index (χ2v) is 8.44. The van der Waals surface area contributed by atoms with Crippen LogP contribution in [0.1, 0.15) is 56.3 Å². The number of benzene rings is 2. The summed E-state index contributed by atoms with van der Waals surface area (Å²) >= 11 is 0. The fourth-order valence-corrected chi connectivity index (χ4v) is 4.34. The van der Waals surface area contributed by atoms with E-state index in [2.05, 4.69) is 6.58 Å². The van der Waals surface area contributed by atoms with Crippen molar-refractivity contribution in [2.75, 3.05) is 13.2 Å². The molecule has 0 radical (unpaired) electrons. The van der Waals surface area contributed by atoms with Crippen molar-refractivity contribution in [3.63, 3.8) is 0 Å². The molecule has 0 N–H and O–H groups in total. The Morgan fingerprint density at radius 1 is 1.03 bits per heavy atom. The van der Waals surface area contributed by atoms with Crippen LogP contribution in [-0.2, 0) is 11.8 Å². The minimum Gasteiger partial charge on any atom is -0.461 e. The maximum atomic E-state index is 13.6. The lowest BCUT2D eigenvalue weighted by Crippen LogP contribution is -2.43. The molecule has 0 saturated heterocycles. The van der Waals surface area contributed by atoms with Crippen LogP contribution in [0.4, 0.5) is 0 Å². The summed E-state index contributed by atoms with van der Waals surface area (Å²) in [7, 11) is 1.73. The van der Waals surface area contributed by atoms with Crippen molar-refractivity contribution in [1.29, 1.82) is 0 Å². The molecule has 0 aliphatic rings. The molecule has 0 unspecified atom stereocenters. The lowest BCUT2D eigenvalue weighted by molar-refractivity contribution is 0.0513. The van der Waals surface area contributed by atoms with E-state index >= 15 is 0 Å². The first-order chi connectivity index (χ1) is 16.7. The summed E-state index contributed by atoms with van der Waals surface area (Å²) in [6.07, 6.45) is 1.61. The van der Waals surface area contributed by atoms with E-state index in [0.717, 1.165) is 11.1 Å². The molecule has 35 heavy (non-hydrogen) atoms. The number of hydrogen-bond acceptors (Lipinski definition) is 4. The van der Waals surface area contributed by atoms with Crippen LogP contribution in [0.2, 0.25) is 0 Å². The van der Waals surface area contributed by atoms with Crippen LogP contribution >= 0.6 is 0 Å². The van der Waals surface area contributed by atoms with Gasteiger partial charge in [-0.3, -0.25) is 9.59 Å². The Hall–Kier alpha value is -3.93. The quantitative estimate of drug-likeness (QED) is 0.238. The average Bonchev–Trinajstić information content (AvgIpc) is 3.09. The third-order valence-electron chi connectivity index (χ3n) is 6.32. The van der Waals surface area contributed by atoms with Gasteiger partial charge in [-0.25, -0.2) is 4.79 Å². The van der Waals surface area contributed by atoms with E-state index in [1.807, 2.05) is 42.5 Å². The van der Waals surface area contributed by atoms with E-state index < -0.39 is 12.0 Å². The number of ether oxygens (including phenoxy) is 1. The van der Waals surface area contributed by atoms with Gasteiger partial charge in [0.1, 0.15) is 5.69 Å². The first-order valence-electron chi connectivity index (χ1n) is 11.7. The number of nitrogens with zero attached hydrogens (tertiary/aromatic N) is 2. The van der Waals surface area contributed by atoms with Crippen LogP contribution in [0, 0.1) is 13.8 Å². The van der Waals surface area contributed by atoms with Crippen LogP contribution in [0.3, 0.4) is 0 Å². The van der Waals surface area contributed by atoms with E-state index in [-0.39, 0.29) is 24.8 Å². The Balaban J connectivity index is 1.91. The smallest absolute Gasteiger partial charge is 0.355 e. The molecular formula is C29H32N2O4. The van der Waals surface area contributed by atoms with Crippen molar-refractivity contribution in [2.45, 2.75) is 33.7 Å². The molecule has 0 saturated carbocycles. The van der Waals surface area contributed by atoms with Gasteiger partial charge in [-0.2, -0.15) is 0 Å². The van der Waals surface area contributed by atoms with Crippen molar-refractivity contribution < 1.29 is 19.1 Å². The highest BCUT2D eigenvalue weighted by atomic mass is 16.5. The summed E-state index contributed by atoms with van der Waals surface area (Å²) in [6, 6.07) is 16.5. The van der Waals surface area contributed by atoms with E-state index in [9.17, 15) is 14.4 Å². The van der Waals surface area contributed by atoms with Crippen LogP contribution in [0.15, 0.2) is 67.3 Å². The van der Waals surface area contributed by atoms with Gasteiger partial charge in [0.15, 0.2) is 5.78 Å². The van der Waals surface area contributed by atoms with E-state index in [1.54, 1.807) is 57.5 Å². The molecule has 0 aliphatic carbocycles. The van der Waals surface area contributed by atoms with Gasteiger partial charge < -0.3 is 14.2 Å². The average molecular weight is 473 g/mol. The lowest BCUT2D eigenvalue weighted by atomic mass is 9.98. The molecule has 2 aromatic carbocycles. The van der Waals surface area contributed by atoms with Crippen LogP contribution in [-0.4, -0.2) is 46.3 Å². The number of aromatic nitrogens is 1. The third kappa shape index (κ3) is 5.11. The number of carbonyl (C=O) groups excluding carboxylic acids is 3. The molecule has 3 rings (SSSR count). The zero-order valence-electron chi connectivity index (χ0n) is 21.0. The number of amides is 1. The van der Waals surface area contributed by atoms with E-state index in [0.29, 0.717) is 28.1 Å². The maximum Gasteiger partial charge on any atom is 0.355 e. The third-order valence-corrected chi connectivity index (χ3v) is 6.32. The number of Topliss-reactive ketones (excluding diaryl/α,β-unsaturated/α-hetero) is 1. The van der Waals surface area contributed by atoms with Crippen molar-refractivity contribution >= 4 is 17.7 Å². The number of rotatable bonds is 9. The molecule has 1 heterocycles. The Kier molecular flexibility index (Phi) is 8.07. The number of esters is 1. The normalized spacial score (nSPS) is 11.6. The number of hydrogen-bond donors (Lipinski definition) is 0. The molecule has 3 aromatic rings. The molecule has 6 nitrogen and oxygen atoms in total. The van der Waals surface area contributed by atoms with Crippen LogP contribution in [0.25, 0.3) is 11.1 Å². The predicted molar refractivity (Wildman–Crippen MR) is 138 cm³/mol. The zero-order chi connectivity index (χ0) is 25.7. The molecule has 0 spiro atoms. The van der Waals surface area contributed by atoms with Gasteiger partial charge in [0.25, 0.3) is 5.91 Å². The minimum atomic E-state index is -0.760. The lowest BCUT2D eigenvalue weighted by Gasteiger charge is -2.27. The fraction of sp³-hybridized carbons (Fsp3) is 0.276. The molecule has 1 atom stereocenters. The molecule has 0 bridgehead atoms. The Morgan fingerprint density at radius 2 is 1.63 bits per heavy atom. The zero-order valence-corrected chi connectivity index (χ0v) is 21.0. The highest BCUT2D eigenvalue weighted by Crippen LogP contribution is 2.26. The van der Waals surface area contributed by atoms with Gasteiger partial charge >= 0.3 is 5.97 Å². The van der Waals surface area contributed by atoms with Crippen molar-refractivity contribution in [3.8, 4) is 11.1 Å². The summed E-state index contributed by atoms with van der Waals surface area (Å²) in [5.41, 5.74) is 4.54. The number of carbonyl (C=O) groups is 3. The molecule has 6 heteroatoms. The van der Waals surface area contributed by atoms with Gasteiger partial charge in [-0.1, -0.05) is 48.5 Å². The monoisotopic (exact) mass is 472 g/mol. The topological polar surface area (TPSA) is 68.6 Å². The first-order valence-corrected chi connectivity index (χ1v) is 11.7. The van der Waals surface area contributed by atoms with Gasteiger partial charge in [0, 0.05) is 30.4 Å². The molecule has 0 fully saturated rings. The maximum absolute atomic E-state index is 13.6. The highest BCUT2D eigenvalue weighted by Gasteiger charge is 2.32. The van der Waals surface area contributed by atoms with Gasteiger partial charge in [0.05, 0.1) is 12.6 Å². The molecule has 1 aromatic heterocycles. The summed E-state index contributed by atoms with van der Waals surface area (Å²) in [6.45, 7) is 11.2. The minimum absolute atomic E-state index is 0.210. The van der Waals surface area contributed by atoms with Crippen LogP contribution in [0.5, 0.6) is 0 Å². The first kappa shape index (κ1) is 25.7. The fourth-order valence-electron chi connectivity index (χ4n) is 4.34.